The molecule has 0 unspecified atom stereocenters. The van der Waals surface area contributed by atoms with Crippen LogP contribution in [-0.4, -0.2) is 18.9 Å². The lowest BCUT2D eigenvalue weighted by atomic mass is 10.1. The number of anilines is 2. The predicted molar refractivity (Wildman–Crippen MR) is 89.3 cm³/mol. The molecule has 0 saturated carbocycles. The molecule has 25 heavy (non-hydrogen) atoms. The first kappa shape index (κ1) is 18.5. The van der Waals surface area contributed by atoms with Gasteiger partial charge in [0.1, 0.15) is 0 Å². The van der Waals surface area contributed by atoms with E-state index in [0.717, 1.165) is 17.7 Å². The van der Waals surface area contributed by atoms with E-state index in [2.05, 4.69) is 5.32 Å². The van der Waals surface area contributed by atoms with Gasteiger partial charge in [0, 0.05) is 25.3 Å². The normalized spacial score (nSPS) is 11.1. The number of carbonyl (C=O) groups is 2. The van der Waals surface area contributed by atoms with Gasteiger partial charge in [0.05, 0.1) is 12.0 Å². The number of alkyl halides is 3. The van der Waals surface area contributed by atoms with Gasteiger partial charge in [-0.15, -0.1) is 0 Å². The van der Waals surface area contributed by atoms with Crippen LogP contribution in [0.4, 0.5) is 24.5 Å². The first-order valence-corrected chi connectivity index (χ1v) is 7.47. The number of hydrogen-bond acceptors (Lipinski definition) is 2. The first-order chi connectivity index (χ1) is 11.7. The first-order valence-electron chi connectivity index (χ1n) is 7.47. The van der Waals surface area contributed by atoms with Crippen LogP contribution in [0.3, 0.4) is 0 Å². The zero-order valence-electron chi connectivity index (χ0n) is 13.7. The van der Waals surface area contributed by atoms with Crippen molar-refractivity contribution in [1.29, 1.82) is 0 Å². The van der Waals surface area contributed by atoms with Gasteiger partial charge in [0.15, 0.2) is 0 Å². The van der Waals surface area contributed by atoms with Crippen molar-refractivity contribution in [2.75, 3.05) is 17.3 Å². The molecule has 2 amide bonds. The summed E-state index contributed by atoms with van der Waals surface area (Å²) in [5, 5.41) is 2.55. The third-order valence-corrected chi connectivity index (χ3v) is 3.66. The highest BCUT2D eigenvalue weighted by Crippen LogP contribution is 2.29. The highest BCUT2D eigenvalue weighted by Gasteiger charge is 2.29. The van der Waals surface area contributed by atoms with Crippen molar-refractivity contribution in [3.8, 4) is 0 Å². The molecule has 1 N–H and O–H groups in total. The Labute approximate surface area is 143 Å². The molecule has 0 spiro atoms. The van der Waals surface area contributed by atoms with Gasteiger partial charge >= 0.3 is 6.18 Å². The topological polar surface area (TPSA) is 49.4 Å². The summed E-state index contributed by atoms with van der Waals surface area (Å²) in [6.07, 6.45) is -4.33. The molecular weight excluding hydrogens is 333 g/mol. The maximum absolute atomic E-state index is 12.5. The Kier molecular flexibility index (Phi) is 5.46. The average Bonchev–Trinajstić information content (AvgIpc) is 2.54. The van der Waals surface area contributed by atoms with Crippen LogP contribution in [0.5, 0.6) is 0 Å². The van der Waals surface area contributed by atoms with Crippen molar-refractivity contribution < 1.29 is 22.8 Å². The zero-order valence-corrected chi connectivity index (χ0v) is 13.7. The minimum Gasteiger partial charge on any atom is -0.326 e. The summed E-state index contributed by atoms with van der Waals surface area (Å²) in [7, 11) is 1.65. The number of hydrogen-bond donors (Lipinski definition) is 1. The Morgan fingerprint density at radius 3 is 2.04 bits per heavy atom. The van der Waals surface area contributed by atoms with Crippen molar-refractivity contribution in [3.05, 3.63) is 59.7 Å². The lowest BCUT2D eigenvalue weighted by Crippen LogP contribution is -2.22. The second kappa shape index (κ2) is 7.38. The molecule has 0 heterocycles. The molecule has 0 radical (unpaired) electrons. The van der Waals surface area contributed by atoms with Gasteiger partial charge in [-0.1, -0.05) is 12.1 Å². The fourth-order valence-electron chi connectivity index (χ4n) is 2.15. The number of amides is 2. The molecule has 0 fully saturated rings. The van der Waals surface area contributed by atoms with Crippen LogP contribution in [0.2, 0.25) is 0 Å². The third kappa shape index (κ3) is 5.07. The van der Waals surface area contributed by atoms with E-state index >= 15 is 0 Å². The fraction of sp³-hybridized carbons (Fsp3) is 0.222. The summed E-state index contributed by atoms with van der Waals surface area (Å²) in [6.45, 7) is 1.45. The van der Waals surface area contributed by atoms with Crippen molar-refractivity contribution in [2.45, 2.75) is 19.5 Å². The van der Waals surface area contributed by atoms with Gasteiger partial charge in [-0.05, 0) is 42.0 Å². The SMILES string of the molecule is CC(=O)N(C)c1ccc(CC(=O)Nc2ccc(C(F)(F)F)cc2)cc1. The van der Waals surface area contributed by atoms with E-state index in [1.807, 2.05) is 0 Å². The molecule has 0 bridgehead atoms. The van der Waals surface area contributed by atoms with Crippen LogP contribution < -0.4 is 10.2 Å². The number of rotatable bonds is 4. The van der Waals surface area contributed by atoms with E-state index in [4.69, 9.17) is 0 Å². The molecule has 0 aliphatic heterocycles. The van der Waals surface area contributed by atoms with Gasteiger partial charge in [-0.25, -0.2) is 0 Å². The molecule has 2 aromatic carbocycles. The largest absolute Gasteiger partial charge is 0.416 e. The van der Waals surface area contributed by atoms with Crippen LogP contribution >= 0.6 is 0 Å². The van der Waals surface area contributed by atoms with E-state index in [0.29, 0.717) is 11.4 Å². The minimum atomic E-state index is -4.41. The smallest absolute Gasteiger partial charge is 0.326 e. The van der Waals surface area contributed by atoms with Gasteiger partial charge in [-0.3, -0.25) is 9.59 Å². The Balaban J connectivity index is 1.97. The van der Waals surface area contributed by atoms with Crippen LogP contribution in [0.1, 0.15) is 18.1 Å². The number of benzene rings is 2. The average molecular weight is 350 g/mol. The Bertz CT molecular complexity index is 753. The summed E-state index contributed by atoms with van der Waals surface area (Å²) in [5.74, 6) is -0.444. The number of carbonyl (C=O) groups excluding carboxylic acids is 2. The lowest BCUT2D eigenvalue weighted by Gasteiger charge is -2.15. The van der Waals surface area contributed by atoms with Crippen molar-refractivity contribution in [2.24, 2.45) is 0 Å². The molecule has 0 aliphatic rings. The van der Waals surface area contributed by atoms with Gasteiger partial charge < -0.3 is 10.2 Å². The van der Waals surface area contributed by atoms with E-state index in [9.17, 15) is 22.8 Å². The molecule has 0 atom stereocenters. The predicted octanol–water partition coefficient (Wildman–Crippen LogP) is 3.87. The maximum atomic E-state index is 12.5. The zero-order chi connectivity index (χ0) is 18.6. The second-order valence-corrected chi connectivity index (χ2v) is 5.54. The highest BCUT2D eigenvalue weighted by atomic mass is 19.4. The van der Waals surface area contributed by atoms with Gasteiger partial charge in [0.25, 0.3) is 0 Å². The molecule has 7 heteroatoms. The summed E-state index contributed by atoms with van der Waals surface area (Å²) in [4.78, 5) is 24.8. The standard InChI is InChI=1S/C18H17F3N2O2/c1-12(24)23(2)16-9-3-13(4-10-16)11-17(25)22-15-7-5-14(6-8-15)18(19,20)21/h3-10H,11H2,1-2H3,(H,22,25). The third-order valence-electron chi connectivity index (χ3n) is 3.66. The van der Waals surface area contributed by atoms with Gasteiger partial charge in [-0.2, -0.15) is 13.2 Å². The van der Waals surface area contributed by atoms with E-state index < -0.39 is 11.7 Å². The van der Waals surface area contributed by atoms with Gasteiger partial charge in [0.2, 0.25) is 11.8 Å². The van der Waals surface area contributed by atoms with Crippen molar-refractivity contribution in [1.82, 2.24) is 0 Å². The monoisotopic (exact) mass is 350 g/mol. The fourth-order valence-corrected chi connectivity index (χ4v) is 2.15. The summed E-state index contributed by atoms with van der Waals surface area (Å²) in [5.41, 5.74) is 0.964. The molecule has 2 rings (SSSR count). The molecule has 0 saturated heterocycles. The molecule has 4 nitrogen and oxygen atoms in total. The lowest BCUT2D eigenvalue weighted by molar-refractivity contribution is -0.137. The van der Waals surface area contributed by atoms with Crippen LogP contribution in [0, 0.1) is 0 Å². The molecule has 0 aromatic heterocycles. The quantitative estimate of drug-likeness (QED) is 0.910. The second-order valence-electron chi connectivity index (χ2n) is 5.54. The number of nitrogens with one attached hydrogen (secondary N) is 1. The maximum Gasteiger partial charge on any atom is 0.416 e. The minimum absolute atomic E-state index is 0.0745. The Morgan fingerprint density at radius 2 is 1.56 bits per heavy atom. The van der Waals surface area contributed by atoms with Crippen LogP contribution in [-0.2, 0) is 22.2 Å². The Morgan fingerprint density at radius 1 is 1.00 bits per heavy atom. The highest BCUT2D eigenvalue weighted by molar-refractivity contribution is 5.93. The summed E-state index contributed by atoms with van der Waals surface area (Å²) < 4.78 is 37.5. The number of nitrogens with zero attached hydrogens (tertiary/aromatic N) is 1. The number of halogens is 3. The summed E-state index contributed by atoms with van der Waals surface area (Å²) in [6, 6.07) is 11.2. The van der Waals surface area contributed by atoms with Crippen molar-refractivity contribution >= 4 is 23.2 Å². The van der Waals surface area contributed by atoms with Crippen molar-refractivity contribution in [3.63, 3.8) is 0 Å². The van der Waals surface area contributed by atoms with Crippen LogP contribution in [0.25, 0.3) is 0 Å². The van der Waals surface area contributed by atoms with Crippen LogP contribution in [0.15, 0.2) is 48.5 Å². The summed E-state index contributed by atoms with van der Waals surface area (Å²) >= 11 is 0. The molecule has 0 aliphatic carbocycles. The van der Waals surface area contributed by atoms with E-state index in [-0.39, 0.29) is 18.2 Å². The Hall–Kier alpha value is -2.83. The molecule has 132 valence electrons. The van der Waals surface area contributed by atoms with E-state index in [1.165, 1.54) is 24.0 Å². The van der Waals surface area contributed by atoms with E-state index in [1.54, 1.807) is 31.3 Å². The molecular formula is C18H17F3N2O2. The molecule has 2 aromatic rings.